The molecular formula is C13H10N2O2S. The number of anilines is 1. The number of benzene rings is 1. The molecule has 0 aliphatic rings. The number of nitrogens with zero attached hydrogens (tertiary/aromatic N) is 1. The van der Waals surface area contributed by atoms with E-state index in [1.54, 1.807) is 17.6 Å². The quantitative estimate of drug-likeness (QED) is 0.766. The summed E-state index contributed by atoms with van der Waals surface area (Å²) in [5.74, 6) is 0.0182. The van der Waals surface area contributed by atoms with E-state index in [1.807, 2.05) is 25.1 Å². The summed E-state index contributed by atoms with van der Waals surface area (Å²) in [6.45, 7) is 1.98. The molecule has 3 rings (SSSR count). The molecular weight excluding hydrogens is 248 g/mol. The molecule has 1 aromatic carbocycles. The van der Waals surface area contributed by atoms with E-state index in [-0.39, 0.29) is 5.91 Å². The summed E-state index contributed by atoms with van der Waals surface area (Å²) >= 11 is 1.37. The van der Waals surface area contributed by atoms with E-state index >= 15 is 0 Å². The molecule has 0 bridgehead atoms. The van der Waals surface area contributed by atoms with Crippen LogP contribution in [0.4, 0.5) is 5.13 Å². The fourth-order valence-electron chi connectivity index (χ4n) is 1.69. The van der Waals surface area contributed by atoms with E-state index in [9.17, 15) is 4.79 Å². The van der Waals surface area contributed by atoms with Gasteiger partial charge in [-0.3, -0.25) is 10.1 Å². The van der Waals surface area contributed by atoms with Crippen molar-refractivity contribution >= 4 is 33.3 Å². The molecule has 5 heteroatoms. The Labute approximate surface area is 107 Å². The topological polar surface area (TPSA) is 55.1 Å². The van der Waals surface area contributed by atoms with Crippen LogP contribution in [0.2, 0.25) is 0 Å². The Morgan fingerprint density at radius 3 is 3.06 bits per heavy atom. The Hall–Kier alpha value is -2.14. The first-order valence-corrected chi connectivity index (χ1v) is 6.31. The molecule has 0 aliphatic carbocycles. The van der Waals surface area contributed by atoms with Crippen molar-refractivity contribution in [2.45, 2.75) is 6.92 Å². The highest BCUT2D eigenvalue weighted by Crippen LogP contribution is 2.21. The fourth-order valence-corrected chi connectivity index (χ4v) is 2.22. The standard InChI is InChI=1S/C13H10N2O2S/c1-8-2-3-9-7-11(17-10(9)6-8)12(16)15-13-14-4-5-18-13/h2-7H,1H3,(H,14,15,16). The lowest BCUT2D eigenvalue weighted by atomic mass is 10.2. The van der Waals surface area contributed by atoms with Crippen LogP contribution in [-0.4, -0.2) is 10.9 Å². The number of aryl methyl sites for hydroxylation is 1. The van der Waals surface area contributed by atoms with E-state index in [4.69, 9.17) is 4.42 Å². The number of hydrogen-bond acceptors (Lipinski definition) is 4. The van der Waals surface area contributed by atoms with Crippen molar-refractivity contribution in [2.24, 2.45) is 0 Å². The Balaban J connectivity index is 1.92. The zero-order valence-electron chi connectivity index (χ0n) is 9.64. The molecule has 0 unspecified atom stereocenters. The van der Waals surface area contributed by atoms with Gasteiger partial charge in [-0.15, -0.1) is 11.3 Å². The van der Waals surface area contributed by atoms with Crippen LogP contribution in [0.25, 0.3) is 11.0 Å². The van der Waals surface area contributed by atoms with Gasteiger partial charge in [-0.25, -0.2) is 4.98 Å². The Kier molecular flexibility index (Phi) is 2.60. The van der Waals surface area contributed by atoms with Crippen LogP contribution in [0.1, 0.15) is 16.1 Å². The third-order valence-corrected chi connectivity index (χ3v) is 3.24. The maximum atomic E-state index is 11.9. The molecule has 0 radical (unpaired) electrons. The van der Waals surface area contributed by atoms with Gasteiger partial charge in [0, 0.05) is 17.0 Å². The van der Waals surface area contributed by atoms with Gasteiger partial charge in [0.15, 0.2) is 10.9 Å². The molecule has 90 valence electrons. The van der Waals surface area contributed by atoms with Crippen LogP contribution in [0.15, 0.2) is 40.3 Å². The third kappa shape index (κ3) is 2.00. The number of rotatable bonds is 2. The Bertz CT molecular complexity index is 701. The molecule has 18 heavy (non-hydrogen) atoms. The van der Waals surface area contributed by atoms with Gasteiger partial charge in [-0.2, -0.15) is 0 Å². The van der Waals surface area contributed by atoms with Crippen molar-refractivity contribution in [1.82, 2.24) is 4.98 Å². The van der Waals surface area contributed by atoms with E-state index in [2.05, 4.69) is 10.3 Å². The lowest BCUT2D eigenvalue weighted by Gasteiger charge is -1.96. The Morgan fingerprint density at radius 2 is 2.28 bits per heavy atom. The SMILES string of the molecule is Cc1ccc2cc(C(=O)Nc3nccs3)oc2c1. The van der Waals surface area contributed by atoms with E-state index in [0.717, 1.165) is 16.5 Å². The minimum absolute atomic E-state index is 0.279. The smallest absolute Gasteiger partial charge is 0.293 e. The second-order valence-corrected chi connectivity index (χ2v) is 4.84. The molecule has 0 spiro atoms. The molecule has 0 saturated carbocycles. The van der Waals surface area contributed by atoms with Gasteiger partial charge < -0.3 is 4.42 Å². The summed E-state index contributed by atoms with van der Waals surface area (Å²) in [5.41, 5.74) is 1.82. The zero-order valence-corrected chi connectivity index (χ0v) is 10.5. The summed E-state index contributed by atoms with van der Waals surface area (Å²) in [6.07, 6.45) is 1.64. The number of nitrogens with one attached hydrogen (secondary N) is 1. The van der Waals surface area contributed by atoms with Gasteiger partial charge in [-0.1, -0.05) is 12.1 Å². The number of fused-ring (bicyclic) bond motifs is 1. The number of furan rings is 1. The predicted molar refractivity (Wildman–Crippen MR) is 71.0 cm³/mol. The van der Waals surface area contributed by atoms with Crippen LogP contribution in [0.5, 0.6) is 0 Å². The number of carbonyl (C=O) groups excluding carboxylic acids is 1. The molecule has 0 atom stereocenters. The van der Waals surface area contributed by atoms with E-state index < -0.39 is 0 Å². The van der Waals surface area contributed by atoms with Crippen molar-refractivity contribution < 1.29 is 9.21 Å². The molecule has 4 nitrogen and oxygen atoms in total. The maximum absolute atomic E-state index is 11.9. The van der Waals surface area contributed by atoms with Gasteiger partial charge in [0.05, 0.1) is 0 Å². The first-order valence-electron chi connectivity index (χ1n) is 5.43. The minimum Gasteiger partial charge on any atom is -0.451 e. The van der Waals surface area contributed by atoms with Crippen molar-refractivity contribution in [3.8, 4) is 0 Å². The minimum atomic E-state index is -0.279. The summed E-state index contributed by atoms with van der Waals surface area (Å²) in [7, 11) is 0. The highest BCUT2D eigenvalue weighted by atomic mass is 32.1. The van der Waals surface area contributed by atoms with Crippen LogP contribution in [0, 0.1) is 6.92 Å². The zero-order chi connectivity index (χ0) is 12.5. The highest BCUT2D eigenvalue weighted by Gasteiger charge is 2.13. The first-order chi connectivity index (χ1) is 8.72. The molecule has 1 N–H and O–H groups in total. The lowest BCUT2D eigenvalue weighted by molar-refractivity contribution is 0.0998. The molecule has 1 amide bonds. The molecule has 3 aromatic rings. The van der Waals surface area contributed by atoms with Gasteiger partial charge in [0.1, 0.15) is 5.58 Å². The number of carbonyl (C=O) groups is 1. The monoisotopic (exact) mass is 258 g/mol. The first kappa shape index (κ1) is 11.0. The third-order valence-electron chi connectivity index (χ3n) is 2.55. The van der Waals surface area contributed by atoms with Gasteiger partial charge >= 0.3 is 0 Å². The molecule has 2 aromatic heterocycles. The number of amides is 1. The number of aromatic nitrogens is 1. The average molecular weight is 258 g/mol. The molecule has 2 heterocycles. The van der Waals surface area contributed by atoms with Crippen molar-refractivity contribution in [2.75, 3.05) is 5.32 Å². The van der Waals surface area contributed by atoms with Gasteiger partial charge in [0.25, 0.3) is 5.91 Å². The summed E-state index contributed by atoms with van der Waals surface area (Å²) < 4.78 is 5.52. The van der Waals surface area contributed by atoms with Gasteiger partial charge in [-0.05, 0) is 24.6 Å². The van der Waals surface area contributed by atoms with E-state index in [1.165, 1.54) is 11.3 Å². The lowest BCUT2D eigenvalue weighted by Crippen LogP contribution is -2.10. The second kappa shape index (κ2) is 4.27. The van der Waals surface area contributed by atoms with Crippen LogP contribution in [0.3, 0.4) is 0 Å². The van der Waals surface area contributed by atoms with Crippen LogP contribution < -0.4 is 5.32 Å². The summed E-state index contributed by atoms with van der Waals surface area (Å²) in [6, 6.07) is 7.57. The summed E-state index contributed by atoms with van der Waals surface area (Å²) in [5, 5.41) is 5.98. The van der Waals surface area contributed by atoms with Crippen molar-refractivity contribution in [3.63, 3.8) is 0 Å². The van der Waals surface area contributed by atoms with Crippen molar-refractivity contribution in [3.05, 3.63) is 47.2 Å². The van der Waals surface area contributed by atoms with Crippen LogP contribution >= 0.6 is 11.3 Å². The van der Waals surface area contributed by atoms with Gasteiger partial charge in [0.2, 0.25) is 0 Å². The predicted octanol–water partition coefficient (Wildman–Crippen LogP) is 3.45. The highest BCUT2D eigenvalue weighted by molar-refractivity contribution is 7.13. The average Bonchev–Trinajstić information content (AvgIpc) is 2.96. The number of thiazole rings is 1. The number of hydrogen-bond donors (Lipinski definition) is 1. The molecule has 0 aliphatic heterocycles. The van der Waals surface area contributed by atoms with Crippen LogP contribution in [-0.2, 0) is 0 Å². The molecule has 0 saturated heterocycles. The fraction of sp³-hybridized carbons (Fsp3) is 0.0769. The second-order valence-electron chi connectivity index (χ2n) is 3.94. The van der Waals surface area contributed by atoms with Crippen molar-refractivity contribution in [1.29, 1.82) is 0 Å². The Morgan fingerprint density at radius 1 is 1.39 bits per heavy atom. The summed E-state index contributed by atoms with van der Waals surface area (Å²) in [4.78, 5) is 15.9. The largest absolute Gasteiger partial charge is 0.451 e. The maximum Gasteiger partial charge on any atom is 0.293 e. The van der Waals surface area contributed by atoms with E-state index in [0.29, 0.717) is 10.9 Å². The molecule has 0 fully saturated rings. The normalized spacial score (nSPS) is 10.7.